The minimum atomic E-state index is -0.121. The van der Waals surface area contributed by atoms with E-state index in [0.29, 0.717) is 39.5 Å². The van der Waals surface area contributed by atoms with Gasteiger partial charge in [0.15, 0.2) is 0 Å². The van der Waals surface area contributed by atoms with Crippen LogP contribution in [0.2, 0.25) is 0 Å². The largest absolute Gasteiger partial charge is 0.492 e. The van der Waals surface area contributed by atoms with E-state index in [4.69, 9.17) is 9.47 Å². The van der Waals surface area contributed by atoms with Crippen molar-refractivity contribution in [2.24, 2.45) is 0 Å². The SMILES string of the molecule is CN(CC(=O)NCCOc1ccc(C(C)(C)C)cc1)CC(=O)N1CCOCC1. The molecule has 0 aromatic heterocycles. The molecule has 0 radical (unpaired) electrons. The van der Waals surface area contributed by atoms with Crippen molar-refractivity contribution in [3.63, 3.8) is 0 Å². The summed E-state index contributed by atoms with van der Waals surface area (Å²) in [5, 5.41) is 2.82. The Labute approximate surface area is 168 Å². The highest BCUT2D eigenvalue weighted by Gasteiger charge is 2.19. The van der Waals surface area contributed by atoms with E-state index in [9.17, 15) is 9.59 Å². The highest BCUT2D eigenvalue weighted by Crippen LogP contribution is 2.24. The van der Waals surface area contributed by atoms with Gasteiger partial charge in [-0.05, 0) is 30.2 Å². The number of hydrogen-bond acceptors (Lipinski definition) is 5. The lowest BCUT2D eigenvalue weighted by Crippen LogP contribution is -2.46. The summed E-state index contributed by atoms with van der Waals surface area (Å²) in [5.74, 6) is 0.695. The Balaban J connectivity index is 1.62. The molecule has 156 valence electrons. The van der Waals surface area contributed by atoms with Crippen molar-refractivity contribution in [3.05, 3.63) is 29.8 Å². The maximum atomic E-state index is 12.2. The lowest BCUT2D eigenvalue weighted by molar-refractivity contribution is -0.136. The van der Waals surface area contributed by atoms with Crippen LogP contribution in [0.15, 0.2) is 24.3 Å². The quantitative estimate of drug-likeness (QED) is 0.676. The summed E-state index contributed by atoms with van der Waals surface area (Å²) in [7, 11) is 1.77. The molecule has 1 aromatic carbocycles. The number of amides is 2. The second kappa shape index (κ2) is 10.4. The van der Waals surface area contributed by atoms with Crippen molar-refractivity contribution in [3.8, 4) is 5.75 Å². The molecule has 0 aliphatic carbocycles. The second-order valence-corrected chi connectivity index (χ2v) is 8.14. The molecule has 1 aromatic rings. The Hall–Kier alpha value is -2.12. The van der Waals surface area contributed by atoms with Crippen LogP contribution in [0, 0.1) is 0 Å². The van der Waals surface area contributed by atoms with E-state index in [0.717, 1.165) is 5.75 Å². The smallest absolute Gasteiger partial charge is 0.236 e. The van der Waals surface area contributed by atoms with Gasteiger partial charge in [-0.2, -0.15) is 0 Å². The normalized spacial score (nSPS) is 14.8. The van der Waals surface area contributed by atoms with Gasteiger partial charge in [-0.1, -0.05) is 32.9 Å². The number of benzene rings is 1. The number of nitrogens with one attached hydrogen (secondary N) is 1. The third-order valence-corrected chi connectivity index (χ3v) is 4.60. The van der Waals surface area contributed by atoms with Crippen molar-refractivity contribution in [2.45, 2.75) is 26.2 Å². The molecule has 7 nitrogen and oxygen atoms in total. The molecule has 2 rings (SSSR count). The fourth-order valence-corrected chi connectivity index (χ4v) is 2.91. The van der Waals surface area contributed by atoms with Crippen LogP contribution in [0.3, 0.4) is 0 Å². The molecule has 0 spiro atoms. The number of nitrogens with zero attached hydrogens (tertiary/aromatic N) is 2. The zero-order chi connectivity index (χ0) is 20.6. The monoisotopic (exact) mass is 391 g/mol. The minimum absolute atomic E-state index is 0.0284. The summed E-state index contributed by atoms with van der Waals surface area (Å²) in [6.07, 6.45) is 0. The van der Waals surface area contributed by atoms with Crippen LogP contribution in [0.1, 0.15) is 26.3 Å². The molecule has 0 saturated carbocycles. The van der Waals surface area contributed by atoms with Crippen LogP contribution >= 0.6 is 0 Å². The molecule has 1 aliphatic heterocycles. The first-order valence-electron chi connectivity index (χ1n) is 9.80. The van der Waals surface area contributed by atoms with Crippen LogP contribution in [0.5, 0.6) is 5.75 Å². The Morgan fingerprint density at radius 2 is 1.79 bits per heavy atom. The molecule has 2 amide bonds. The first-order valence-corrected chi connectivity index (χ1v) is 9.80. The van der Waals surface area contributed by atoms with Crippen molar-refractivity contribution < 1.29 is 19.1 Å². The lowest BCUT2D eigenvalue weighted by atomic mass is 9.87. The minimum Gasteiger partial charge on any atom is -0.492 e. The molecular formula is C21H33N3O4. The van der Waals surface area contributed by atoms with Gasteiger partial charge in [0.1, 0.15) is 12.4 Å². The summed E-state index contributed by atoms with van der Waals surface area (Å²) in [6, 6.07) is 8.03. The molecular weight excluding hydrogens is 358 g/mol. The molecule has 1 heterocycles. The number of likely N-dealkylation sites (N-methyl/N-ethyl adjacent to an activating group) is 1. The van der Waals surface area contributed by atoms with Crippen molar-refractivity contribution in [1.29, 1.82) is 0 Å². The Morgan fingerprint density at radius 1 is 1.14 bits per heavy atom. The zero-order valence-electron chi connectivity index (χ0n) is 17.5. The maximum Gasteiger partial charge on any atom is 0.236 e. The molecule has 1 saturated heterocycles. The van der Waals surface area contributed by atoms with Gasteiger partial charge in [-0.3, -0.25) is 14.5 Å². The summed E-state index contributed by atoms with van der Waals surface area (Å²) < 4.78 is 10.9. The molecule has 0 unspecified atom stereocenters. The Morgan fingerprint density at radius 3 is 2.39 bits per heavy atom. The predicted molar refractivity (Wildman–Crippen MR) is 109 cm³/mol. The molecule has 0 bridgehead atoms. The fraction of sp³-hybridized carbons (Fsp3) is 0.619. The molecule has 28 heavy (non-hydrogen) atoms. The van der Waals surface area contributed by atoms with Crippen molar-refractivity contribution in [2.75, 3.05) is 59.6 Å². The van der Waals surface area contributed by atoms with Crippen LogP contribution in [-0.4, -0.2) is 81.2 Å². The van der Waals surface area contributed by atoms with Gasteiger partial charge in [0.2, 0.25) is 11.8 Å². The summed E-state index contributed by atoms with van der Waals surface area (Å²) >= 11 is 0. The number of morpholine rings is 1. The molecule has 1 fully saturated rings. The number of carbonyl (C=O) groups excluding carboxylic acids is 2. The molecule has 1 N–H and O–H groups in total. The van der Waals surface area contributed by atoms with E-state index in [1.807, 2.05) is 12.1 Å². The van der Waals surface area contributed by atoms with E-state index < -0.39 is 0 Å². The number of ether oxygens (including phenoxy) is 2. The van der Waals surface area contributed by atoms with Gasteiger partial charge in [-0.25, -0.2) is 0 Å². The number of rotatable bonds is 8. The molecule has 1 aliphatic rings. The van der Waals surface area contributed by atoms with Gasteiger partial charge in [0.25, 0.3) is 0 Å². The van der Waals surface area contributed by atoms with Gasteiger partial charge in [0.05, 0.1) is 32.8 Å². The van der Waals surface area contributed by atoms with Gasteiger partial charge >= 0.3 is 0 Å². The standard InChI is InChI=1S/C21H33N3O4/c1-21(2,3)17-5-7-18(8-6-17)28-12-9-22-19(25)15-23(4)16-20(26)24-10-13-27-14-11-24/h5-8H,9-16H2,1-4H3,(H,22,25). The number of carbonyl (C=O) groups is 2. The third kappa shape index (κ3) is 7.48. The predicted octanol–water partition coefficient (Wildman–Crippen LogP) is 1.27. The number of hydrogen-bond donors (Lipinski definition) is 1. The van der Waals surface area contributed by atoms with Gasteiger partial charge in [0, 0.05) is 13.1 Å². The van der Waals surface area contributed by atoms with E-state index in [1.54, 1.807) is 16.8 Å². The highest BCUT2D eigenvalue weighted by atomic mass is 16.5. The average Bonchev–Trinajstić information content (AvgIpc) is 2.65. The van der Waals surface area contributed by atoms with Crippen LogP contribution in [0.25, 0.3) is 0 Å². The third-order valence-electron chi connectivity index (χ3n) is 4.60. The average molecular weight is 392 g/mol. The topological polar surface area (TPSA) is 71.1 Å². The molecule has 0 atom stereocenters. The summed E-state index contributed by atoms with van der Waals surface area (Å²) in [5.41, 5.74) is 1.37. The summed E-state index contributed by atoms with van der Waals surface area (Å²) in [6.45, 7) is 10.1. The van der Waals surface area contributed by atoms with Gasteiger partial charge < -0.3 is 19.7 Å². The second-order valence-electron chi connectivity index (χ2n) is 8.14. The van der Waals surface area contributed by atoms with Crippen LogP contribution in [-0.2, 0) is 19.7 Å². The Bertz CT molecular complexity index is 634. The summed E-state index contributed by atoms with van der Waals surface area (Å²) in [4.78, 5) is 27.7. The lowest BCUT2D eigenvalue weighted by Gasteiger charge is -2.28. The van der Waals surface area contributed by atoms with Crippen molar-refractivity contribution >= 4 is 11.8 Å². The van der Waals surface area contributed by atoms with E-state index in [-0.39, 0.29) is 30.3 Å². The van der Waals surface area contributed by atoms with E-state index in [1.165, 1.54) is 5.56 Å². The first-order chi connectivity index (χ1) is 13.3. The van der Waals surface area contributed by atoms with E-state index >= 15 is 0 Å². The van der Waals surface area contributed by atoms with Crippen LogP contribution < -0.4 is 10.1 Å². The first kappa shape index (κ1) is 22.2. The zero-order valence-corrected chi connectivity index (χ0v) is 17.5. The van der Waals surface area contributed by atoms with E-state index in [2.05, 4.69) is 38.2 Å². The maximum absolute atomic E-state index is 12.2. The van der Waals surface area contributed by atoms with Crippen molar-refractivity contribution in [1.82, 2.24) is 15.1 Å². The molecule has 7 heteroatoms. The Kier molecular flexibility index (Phi) is 8.26. The van der Waals surface area contributed by atoms with Gasteiger partial charge in [-0.15, -0.1) is 0 Å². The van der Waals surface area contributed by atoms with Crippen LogP contribution in [0.4, 0.5) is 0 Å². The fourth-order valence-electron chi connectivity index (χ4n) is 2.91. The highest BCUT2D eigenvalue weighted by molar-refractivity contribution is 5.81.